The molecule has 1 aliphatic rings. The van der Waals surface area contributed by atoms with E-state index in [1.165, 1.54) is 5.56 Å². The molecule has 0 aliphatic carbocycles. The Hall–Kier alpha value is -7.33. The second-order valence-corrected chi connectivity index (χ2v) is 19.3. The van der Waals surface area contributed by atoms with Crippen molar-refractivity contribution in [2.24, 2.45) is 0 Å². The van der Waals surface area contributed by atoms with Gasteiger partial charge in [-0.1, -0.05) is 174 Å². The van der Waals surface area contributed by atoms with E-state index >= 15 is 0 Å². The molecule has 3 aromatic heterocycles. The van der Waals surface area contributed by atoms with Crippen molar-refractivity contribution in [3.8, 4) is 22.5 Å². The number of hydrogen-bond acceptors (Lipinski definition) is 2. The molecule has 4 heterocycles. The smallest absolute Gasteiger partial charge is 0.136 e. The van der Waals surface area contributed by atoms with Crippen LogP contribution < -0.4 is 0 Å². The fourth-order valence-corrected chi connectivity index (χ4v) is 9.40. The average molecular weight is 1070 g/mol. The number of aromatic nitrogens is 4. The van der Waals surface area contributed by atoms with Crippen molar-refractivity contribution < 1.29 is 33.7 Å². The van der Waals surface area contributed by atoms with Gasteiger partial charge in [-0.2, -0.15) is 24.2 Å². The molecule has 68 heavy (non-hydrogen) atoms. The van der Waals surface area contributed by atoms with Gasteiger partial charge in [-0.3, -0.25) is 0 Å². The van der Waals surface area contributed by atoms with Crippen LogP contribution in [0.15, 0.2) is 193 Å². The van der Waals surface area contributed by atoms with E-state index in [2.05, 4.69) is 166 Å². The first-order chi connectivity index (χ1) is 35.0. The third-order valence-electron chi connectivity index (χ3n) is 12.9. The Morgan fingerprint density at radius 1 is 0.559 bits per heavy atom. The van der Waals surface area contributed by atoms with Gasteiger partial charge in [0.25, 0.3) is 0 Å². The standard InChI is InChI=1S/C62H49N4O.Pt/c1-61(2,3)43-33-52(40-18-8-7-9-19-40)60-53(34-43)49-25-11-10-24-48(49)41-20-16-21-42(32-41)54-35-44(62(4,5)6)36-59(63-54)66-55-27-13-12-26-50(55)51-31-30-47(38-58(51)66)67-46-23-17-22-45(37-46)64-39-65(60)57-29-15-14-28-56(57)64;/h7-36,39H,1-6H3;/q-3;/i12D,13D,26D,27D,30D,31D;. The number of imidazole rings is 1. The summed E-state index contributed by atoms with van der Waals surface area (Å²) in [7, 11) is 0. The number of rotatable bonds is 1. The molecule has 5 nitrogen and oxygen atoms in total. The maximum absolute atomic E-state index is 9.56. The van der Waals surface area contributed by atoms with Gasteiger partial charge in [-0.25, -0.2) is 4.98 Å². The van der Waals surface area contributed by atoms with Crippen LogP contribution in [0, 0.1) is 12.1 Å². The first-order valence-electron chi connectivity index (χ1n) is 25.6. The van der Waals surface area contributed by atoms with E-state index in [9.17, 15) is 5.48 Å². The largest absolute Gasteiger partial charge is 0.510 e. The molecule has 0 spiro atoms. The fraction of sp³-hybridized carbons (Fsp3) is 0.129. The summed E-state index contributed by atoms with van der Waals surface area (Å²) in [6.07, 6.45) is 2.10. The molecule has 8 aromatic carbocycles. The molecule has 0 saturated heterocycles. The van der Waals surface area contributed by atoms with Gasteiger partial charge >= 0.3 is 0 Å². The van der Waals surface area contributed by atoms with Gasteiger partial charge in [0.1, 0.15) is 5.65 Å². The van der Waals surface area contributed by atoms with Crippen LogP contribution in [0.1, 0.15) is 60.9 Å². The van der Waals surface area contributed by atoms with E-state index in [0.717, 1.165) is 60.5 Å². The minimum Gasteiger partial charge on any atom is -0.510 e. The van der Waals surface area contributed by atoms with E-state index in [-0.39, 0.29) is 83.6 Å². The summed E-state index contributed by atoms with van der Waals surface area (Å²) in [6.45, 7) is 13.1. The van der Waals surface area contributed by atoms with Gasteiger partial charge in [-0.15, -0.1) is 29.1 Å². The third-order valence-corrected chi connectivity index (χ3v) is 12.9. The molecule has 336 valence electrons. The molecule has 11 aromatic rings. The first kappa shape index (κ1) is 36.7. The maximum Gasteiger partial charge on any atom is 0.136 e. The van der Waals surface area contributed by atoms with Gasteiger partial charge in [0, 0.05) is 50.8 Å². The van der Waals surface area contributed by atoms with Crippen LogP contribution >= 0.6 is 0 Å². The van der Waals surface area contributed by atoms with E-state index in [0.29, 0.717) is 16.7 Å². The predicted molar refractivity (Wildman–Crippen MR) is 280 cm³/mol. The number of benzene rings is 8. The van der Waals surface area contributed by atoms with Crippen molar-refractivity contribution in [1.82, 2.24) is 18.5 Å². The molecule has 0 saturated carbocycles. The summed E-state index contributed by atoms with van der Waals surface area (Å²) in [5.74, 6) is 0. The molecular formula is C62H49N4OPt-3. The van der Waals surface area contributed by atoms with Crippen LogP contribution in [0.3, 0.4) is 0 Å². The normalized spacial score (nSPS) is 13.4. The molecule has 0 atom stereocenters. The number of nitrogens with zero attached hydrogens (tertiary/aromatic N) is 4. The minimum atomic E-state index is -0.441. The van der Waals surface area contributed by atoms with Gasteiger partial charge < -0.3 is 18.0 Å². The Bertz CT molecular complexity index is 4430. The van der Waals surface area contributed by atoms with Crippen LogP contribution in [0.5, 0.6) is 0 Å². The van der Waals surface area contributed by atoms with Crippen LogP contribution in [0.25, 0.3) is 105 Å². The third kappa shape index (κ3) is 7.37. The summed E-state index contributed by atoms with van der Waals surface area (Å²) in [5, 5.41) is 5.15. The monoisotopic (exact) mass is 1070 g/mol. The molecule has 1 aliphatic heterocycles. The number of fused-ring (bicyclic) bond motifs is 23. The zero-order valence-corrected chi connectivity index (χ0v) is 40.7. The van der Waals surface area contributed by atoms with Crippen LogP contribution in [-0.2, 0) is 31.9 Å². The van der Waals surface area contributed by atoms with Crippen LogP contribution in [-0.4, -0.2) is 18.5 Å². The molecule has 0 radical (unpaired) electrons. The number of para-hydroxylation sites is 3. The maximum atomic E-state index is 9.56. The summed E-state index contributed by atoms with van der Waals surface area (Å²) in [6, 6.07) is 54.8. The molecule has 0 fully saturated rings. The van der Waals surface area contributed by atoms with Crippen molar-refractivity contribution >= 4 is 82.1 Å². The zero-order chi connectivity index (χ0) is 50.8. The summed E-state index contributed by atoms with van der Waals surface area (Å²) in [4.78, 5) is 5.36. The van der Waals surface area contributed by atoms with Crippen molar-refractivity contribution in [3.05, 3.63) is 211 Å². The van der Waals surface area contributed by atoms with E-state index < -0.39 is 17.5 Å². The van der Waals surface area contributed by atoms with E-state index in [1.54, 1.807) is 10.5 Å². The van der Waals surface area contributed by atoms with Gasteiger partial charge in [0.2, 0.25) is 0 Å². The van der Waals surface area contributed by atoms with Crippen molar-refractivity contribution in [1.29, 1.82) is 0 Å². The fourth-order valence-electron chi connectivity index (χ4n) is 9.40. The second-order valence-electron chi connectivity index (χ2n) is 19.3. The number of pyridine rings is 1. The Kier molecular flexibility index (Phi) is 8.90. The average Bonchev–Trinajstić information content (AvgIpc) is 3.95. The molecule has 10 bridgehead atoms. The minimum absolute atomic E-state index is 0. The molecular weight excluding hydrogens is 1010 g/mol. The molecule has 0 N–H and O–H groups in total. The first-order valence-corrected chi connectivity index (χ1v) is 22.6. The van der Waals surface area contributed by atoms with Crippen LogP contribution in [0.2, 0.25) is 0 Å². The van der Waals surface area contributed by atoms with Gasteiger partial charge in [0.05, 0.1) is 11.0 Å². The van der Waals surface area contributed by atoms with E-state index in [1.807, 2.05) is 42.5 Å². The summed E-state index contributed by atoms with van der Waals surface area (Å²) < 4.78 is 67.8. The van der Waals surface area contributed by atoms with Crippen LogP contribution in [0.4, 0.5) is 0 Å². The molecule has 0 unspecified atom stereocenters. The Morgan fingerprint density at radius 3 is 2.04 bits per heavy atom. The van der Waals surface area contributed by atoms with E-state index in [4.69, 9.17) is 12.1 Å². The molecule has 12 rings (SSSR count). The summed E-state index contributed by atoms with van der Waals surface area (Å²) in [5.41, 5.74) is 8.71. The number of hydrogen-bond donors (Lipinski definition) is 0. The zero-order valence-electron chi connectivity index (χ0n) is 44.4. The topological polar surface area (TPSA) is 40.3 Å². The van der Waals surface area contributed by atoms with Crippen molar-refractivity contribution in [2.45, 2.75) is 52.4 Å². The quantitative estimate of drug-likeness (QED) is 0.154. The Balaban J connectivity index is 0.00000588. The Labute approximate surface area is 418 Å². The SMILES string of the molecule is [2H]c1c([2H])c([2H])c2c(c1[2H])c1c([2H])c([2H])c3[c-]c1n2c1cc(C(C)(C)C)cc(n1)c1cccc(c1)c1ccccc1c1cc(C(C)(C)C)cc(-c2ccccc2)c1n1[cH-]n(c2[c-]c(ccc2)o3)-c2ccccc2-1.[Pt]. The summed E-state index contributed by atoms with van der Waals surface area (Å²) >= 11 is 0. The van der Waals surface area contributed by atoms with Gasteiger partial charge in [0.15, 0.2) is 0 Å². The molecule has 6 heteroatoms. The molecule has 0 amide bonds. The van der Waals surface area contributed by atoms with Gasteiger partial charge in [-0.05, 0) is 103 Å². The second kappa shape index (κ2) is 16.5. The van der Waals surface area contributed by atoms with Crippen molar-refractivity contribution in [3.63, 3.8) is 0 Å². The van der Waals surface area contributed by atoms with Crippen molar-refractivity contribution in [2.75, 3.05) is 0 Å². The Morgan fingerprint density at radius 2 is 1.25 bits per heavy atom. The predicted octanol–water partition coefficient (Wildman–Crippen LogP) is 16.4.